The van der Waals surface area contributed by atoms with Crippen molar-refractivity contribution in [3.8, 4) is 5.69 Å². The van der Waals surface area contributed by atoms with Crippen LogP contribution in [0.4, 0.5) is 0 Å². The van der Waals surface area contributed by atoms with E-state index in [0.717, 1.165) is 18.5 Å². The van der Waals surface area contributed by atoms with Crippen molar-refractivity contribution in [2.24, 2.45) is 0 Å². The summed E-state index contributed by atoms with van der Waals surface area (Å²) in [6, 6.07) is 10.1. The van der Waals surface area contributed by atoms with Crippen molar-refractivity contribution in [1.82, 2.24) is 9.78 Å². The van der Waals surface area contributed by atoms with Crippen LogP contribution in [0.1, 0.15) is 18.4 Å². The predicted molar refractivity (Wildman–Crippen MR) is 61.6 cm³/mol. The molecule has 3 nitrogen and oxygen atoms in total. The number of aliphatic hydroxyl groups excluding tert-OH is 1. The largest absolute Gasteiger partial charge is 0.395 e. The summed E-state index contributed by atoms with van der Waals surface area (Å²) in [5.74, 6) is 0. The molecule has 1 aliphatic rings. The van der Waals surface area contributed by atoms with Crippen molar-refractivity contribution < 1.29 is 5.11 Å². The molecule has 0 amide bonds. The molecule has 82 valence electrons. The van der Waals surface area contributed by atoms with Crippen LogP contribution in [0.2, 0.25) is 0 Å². The van der Waals surface area contributed by atoms with Crippen LogP contribution in [0.5, 0.6) is 0 Å². The molecule has 0 atom stereocenters. The average Bonchev–Trinajstić information content (AvgIpc) is 2.95. The minimum Gasteiger partial charge on any atom is -0.395 e. The molecule has 2 aromatic rings. The van der Waals surface area contributed by atoms with E-state index in [-0.39, 0.29) is 12.0 Å². The zero-order chi connectivity index (χ0) is 11.0. The third-order valence-electron chi connectivity index (χ3n) is 3.38. The van der Waals surface area contributed by atoms with E-state index >= 15 is 0 Å². The van der Waals surface area contributed by atoms with Crippen molar-refractivity contribution >= 4 is 0 Å². The Labute approximate surface area is 94.3 Å². The summed E-state index contributed by atoms with van der Waals surface area (Å²) in [5.41, 5.74) is 2.28. The van der Waals surface area contributed by atoms with Gasteiger partial charge < -0.3 is 5.11 Å². The fraction of sp³-hybridized carbons (Fsp3) is 0.308. The molecule has 1 aromatic carbocycles. The van der Waals surface area contributed by atoms with Crippen molar-refractivity contribution in [2.45, 2.75) is 18.3 Å². The Morgan fingerprint density at radius 1 is 1.25 bits per heavy atom. The van der Waals surface area contributed by atoms with Crippen LogP contribution in [-0.4, -0.2) is 21.5 Å². The van der Waals surface area contributed by atoms with Crippen LogP contribution in [0.25, 0.3) is 5.69 Å². The molecule has 0 bridgehead atoms. The quantitative estimate of drug-likeness (QED) is 0.847. The lowest BCUT2D eigenvalue weighted by Gasteiger charge is -2.16. The molecule has 1 saturated carbocycles. The Balaban J connectivity index is 2.12. The third kappa shape index (κ3) is 1.36. The molecule has 1 aromatic heterocycles. The minimum atomic E-state index is -0.0114. The monoisotopic (exact) mass is 214 g/mol. The first kappa shape index (κ1) is 9.60. The van der Waals surface area contributed by atoms with E-state index in [4.69, 9.17) is 0 Å². The summed E-state index contributed by atoms with van der Waals surface area (Å²) in [7, 11) is 0. The van der Waals surface area contributed by atoms with E-state index in [9.17, 15) is 5.11 Å². The van der Waals surface area contributed by atoms with E-state index in [1.165, 1.54) is 5.56 Å². The van der Waals surface area contributed by atoms with Crippen LogP contribution in [0.3, 0.4) is 0 Å². The number of para-hydroxylation sites is 1. The Bertz CT molecular complexity index is 486. The van der Waals surface area contributed by atoms with Gasteiger partial charge in [0, 0.05) is 17.8 Å². The number of hydrogen-bond acceptors (Lipinski definition) is 2. The molecule has 0 saturated heterocycles. The van der Waals surface area contributed by atoms with Gasteiger partial charge in [-0.2, -0.15) is 5.10 Å². The number of benzene rings is 1. The van der Waals surface area contributed by atoms with Crippen molar-refractivity contribution in [3.63, 3.8) is 0 Å². The molecule has 0 aliphatic heterocycles. The highest BCUT2D eigenvalue weighted by Gasteiger charge is 2.45. The highest BCUT2D eigenvalue weighted by Crippen LogP contribution is 2.49. The van der Waals surface area contributed by atoms with Gasteiger partial charge in [0.25, 0.3) is 0 Å². The van der Waals surface area contributed by atoms with Crippen LogP contribution in [-0.2, 0) is 5.41 Å². The summed E-state index contributed by atoms with van der Waals surface area (Å²) in [6.07, 6.45) is 5.85. The zero-order valence-corrected chi connectivity index (χ0v) is 9.00. The maximum atomic E-state index is 9.50. The van der Waals surface area contributed by atoms with Gasteiger partial charge in [0.1, 0.15) is 0 Å². The molecular formula is C13H14N2O. The fourth-order valence-corrected chi connectivity index (χ4v) is 2.20. The van der Waals surface area contributed by atoms with Gasteiger partial charge in [-0.1, -0.05) is 18.2 Å². The van der Waals surface area contributed by atoms with Gasteiger partial charge in [0.15, 0.2) is 0 Å². The van der Waals surface area contributed by atoms with Gasteiger partial charge in [0.05, 0.1) is 12.3 Å². The fourth-order valence-electron chi connectivity index (χ4n) is 2.20. The topological polar surface area (TPSA) is 38.0 Å². The normalized spacial score (nSPS) is 17.3. The summed E-state index contributed by atoms with van der Waals surface area (Å²) in [5, 5.41) is 13.8. The maximum absolute atomic E-state index is 9.50. The molecular weight excluding hydrogens is 200 g/mol. The first-order chi connectivity index (χ1) is 7.86. The third-order valence-corrected chi connectivity index (χ3v) is 3.38. The molecule has 0 radical (unpaired) electrons. The first-order valence-electron chi connectivity index (χ1n) is 5.56. The summed E-state index contributed by atoms with van der Waals surface area (Å²) < 4.78 is 1.87. The summed E-state index contributed by atoms with van der Waals surface area (Å²) >= 11 is 0. The second-order valence-electron chi connectivity index (χ2n) is 4.41. The number of nitrogens with zero attached hydrogens (tertiary/aromatic N) is 2. The minimum absolute atomic E-state index is 0.0114. The SMILES string of the molecule is OCC1(c2ccccc2-n2cccn2)CC1. The lowest BCUT2D eigenvalue weighted by Crippen LogP contribution is -2.15. The summed E-state index contributed by atoms with van der Waals surface area (Å²) in [4.78, 5) is 0. The zero-order valence-electron chi connectivity index (χ0n) is 9.00. The van der Waals surface area contributed by atoms with E-state index < -0.39 is 0 Å². The maximum Gasteiger partial charge on any atom is 0.0684 e. The molecule has 0 spiro atoms. The van der Waals surface area contributed by atoms with Gasteiger partial charge in [-0.05, 0) is 30.5 Å². The van der Waals surface area contributed by atoms with Gasteiger partial charge >= 0.3 is 0 Å². The van der Waals surface area contributed by atoms with E-state index in [2.05, 4.69) is 17.2 Å². The predicted octanol–water partition coefficient (Wildman–Crippen LogP) is 1.90. The molecule has 16 heavy (non-hydrogen) atoms. The highest BCUT2D eigenvalue weighted by molar-refractivity contribution is 5.48. The first-order valence-corrected chi connectivity index (χ1v) is 5.56. The highest BCUT2D eigenvalue weighted by atomic mass is 16.3. The molecule has 1 heterocycles. The van der Waals surface area contributed by atoms with Crippen molar-refractivity contribution in [1.29, 1.82) is 0 Å². The standard InChI is InChI=1S/C13H14N2O/c16-10-13(6-7-13)11-4-1-2-5-12(11)15-9-3-8-14-15/h1-5,8-9,16H,6-7,10H2. The molecule has 1 fully saturated rings. The number of aliphatic hydroxyl groups is 1. The molecule has 1 aliphatic carbocycles. The lowest BCUT2D eigenvalue weighted by atomic mass is 9.95. The molecule has 1 N–H and O–H groups in total. The number of hydrogen-bond donors (Lipinski definition) is 1. The van der Waals surface area contributed by atoms with Crippen LogP contribution >= 0.6 is 0 Å². The Morgan fingerprint density at radius 3 is 2.69 bits per heavy atom. The Morgan fingerprint density at radius 2 is 2.06 bits per heavy atom. The Kier molecular flexibility index (Phi) is 2.07. The van der Waals surface area contributed by atoms with Gasteiger partial charge in [-0.3, -0.25) is 0 Å². The second-order valence-corrected chi connectivity index (χ2v) is 4.41. The van der Waals surface area contributed by atoms with Gasteiger partial charge in [-0.15, -0.1) is 0 Å². The molecule has 3 rings (SSSR count). The average molecular weight is 214 g/mol. The summed E-state index contributed by atoms with van der Waals surface area (Å²) in [6.45, 7) is 0.227. The van der Waals surface area contributed by atoms with Gasteiger partial charge in [0.2, 0.25) is 0 Å². The van der Waals surface area contributed by atoms with Crippen LogP contribution in [0, 0.1) is 0 Å². The number of aromatic nitrogens is 2. The molecule has 0 unspecified atom stereocenters. The lowest BCUT2D eigenvalue weighted by molar-refractivity contribution is 0.255. The number of rotatable bonds is 3. The van der Waals surface area contributed by atoms with Crippen molar-refractivity contribution in [3.05, 3.63) is 48.3 Å². The molecule has 3 heteroatoms. The van der Waals surface area contributed by atoms with Crippen molar-refractivity contribution in [2.75, 3.05) is 6.61 Å². The van der Waals surface area contributed by atoms with E-state index in [1.807, 2.05) is 29.1 Å². The van der Waals surface area contributed by atoms with Crippen LogP contribution in [0.15, 0.2) is 42.7 Å². The second kappa shape index (κ2) is 3.46. The Hall–Kier alpha value is -1.61. The smallest absolute Gasteiger partial charge is 0.0684 e. The van der Waals surface area contributed by atoms with E-state index in [1.54, 1.807) is 6.20 Å². The van der Waals surface area contributed by atoms with Gasteiger partial charge in [-0.25, -0.2) is 4.68 Å². The van der Waals surface area contributed by atoms with E-state index in [0.29, 0.717) is 0 Å². The van der Waals surface area contributed by atoms with Crippen LogP contribution < -0.4 is 0 Å².